The molecule has 0 unspecified atom stereocenters. The van der Waals surface area contributed by atoms with E-state index in [0.717, 1.165) is 25.3 Å². The molecule has 5 heteroatoms. The average Bonchev–Trinajstić information content (AvgIpc) is 3.01. The Morgan fingerprint density at radius 3 is 3.19 bits per heavy atom. The zero-order valence-corrected chi connectivity index (χ0v) is 13.2. The quantitative estimate of drug-likeness (QED) is 0.922. The second-order valence-corrected chi connectivity index (χ2v) is 6.55. The lowest BCUT2D eigenvalue weighted by atomic mass is 10.0. The van der Waals surface area contributed by atoms with Crippen molar-refractivity contribution in [3.63, 3.8) is 0 Å². The zero-order valence-electron chi connectivity index (χ0n) is 12.4. The van der Waals surface area contributed by atoms with Crippen LogP contribution in [0.2, 0.25) is 0 Å². The maximum atomic E-state index is 4.23. The van der Waals surface area contributed by atoms with Crippen molar-refractivity contribution in [3.8, 4) is 0 Å². The molecule has 0 radical (unpaired) electrons. The summed E-state index contributed by atoms with van der Waals surface area (Å²) in [4.78, 5) is 2.34. The highest BCUT2D eigenvalue weighted by Gasteiger charge is 2.22. The van der Waals surface area contributed by atoms with E-state index >= 15 is 0 Å². The molecule has 3 heterocycles. The standard InChI is InChI=1S/C16H22N4S/c1-13(10-14-6-9-21-12-14)18-15-4-3-8-20(11-15)16-5-2-7-17-19-16/h2,5-7,9,12-13,15,18H,3-4,8,10-11H2,1H3/t13-,15+/m0/s1. The third-order valence-corrected chi connectivity index (χ3v) is 4.68. The van der Waals surface area contributed by atoms with Crippen LogP contribution in [0, 0.1) is 0 Å². The SMILES string of the molecule is C[C@@H](Cc1ccsc1)N[C@@H]1CCCN(c2cccnn2)C1. The van der Waals surface area contributed by atoms with Crippen LogP contribution in [0.4, 0.5) is 5.82 Å². The van der Waals surface area contributed by atoms with Gasteiger partial charge in [-0.1, -0.05) is 0 Å². The summed E-state index contributed by atoms with van der Waals surface area (Å²) >= 11 is 1.77. The fraction of sp³-hybridized carbons (Fsp3) is 0.500. The van der Waals surface area contributed by atoms with Gasteiger partial charge in [-0.05, 0) is 60.7 Å². The van der Waals surface area contributed by atoms with Gasteiger partial charge in [0.05, 0.1) is 0 Å². The van der Waals surface area contributed by atoms with Crippen LogP contribution in [0.3, 0.4) is 0 Å². The maximum Gasteiger partial charge on any atom is 0.151 e. The number of hydrogen-bond acceptors (Lipinski definition) is 5. The molecule has 1 aliphatic heterocycles. The number of aromatic nitrogens is 2. The zero-order chi connectivity index (χ0) is 14.5. The van der Waals surface area contributed by atoms with Crippen molar-refractivity contribution in [3.05, 3.63) is 40.7 Å². The van der Waals surface area contributed by atoms with Crippen molar-refractivity contribution < 1.29 is 0 Å². The lowest BCUT2D eigenvalue weighted by Gasteiger charge is -2.35. The molecule has 2 atom stereocenters. The van der Waals surface area contributed by atoms with Crippen LogP contribution in [0.25, 0.3) is 0 Å². The first-order valence-corrected chi connectivity index (χ1v) is 8.55. The monoisotopic (exact) mass is 302 g/mol. The molecule has 21 heavy (non-hydrogen) atoms. The summed E-state index contributed by atoms with van der Waals surface area (Å²) in [6, 6.07) is 7.26. The summed E-state index contributed by atoms with van der Waals surface area (Å²) < 4.78 is 0. The van der Waals surface area contributed by atoms with E-state index in [2.05, 4.69) is 44.2 Å². The fourth-order valence-corrected chi connectivity index (χ4v) is 3.69. The highest BCUT2D eigenvalue weighted by atomic mass is 32.1. The van der Waals surface area contributed by atoms with Crippen LogP contribution in [0.15, 0.2) is 35.2 Å². The van der Waals surface area contributed by atoms with Gasteiger partial charge in [-0.3, -0.25) is 0 Å². The van der Waals surface area contributed by atoms with E-state index in [1.165, 1.54) is 18.4 Å². The average molecular weight is 302 g/mol. The molecule has 0 bridgehead atoms. The number of nitrogens with one attached hydrogen (secondary N) is 1. The molecule has 0 amide bonds. The normalized spacial score (nSPS) is 20.4. The van der Waals surface area contributed by atoms with Crippen molar-refractivity contribution in [2.75, 3.05) is 18.0 Å². The van der Waals surface area contributed by atoms with Crippen LogP contribution in [0.1, 0.15) is 25.3 Å². The summed E-state index contributed by atoms with van der Waals surface area (Å²) in [6.07, 6.45) is 5.28. The molecule has 0 spiro atoms. The Balaban J connectivity index is 1.54. The predicted octanol–water partition coefficient (Wildman–Crippen LogP) is 2.73. The van der Waals surface area contributed by atoms with Gasteiger partial charge in [0.15, 0.2) is 5.82 Å². The Kier molecular flexibility index (Phi) is 4.83. The van der Waals surface area contributed by atoms with Crippen molar-refractivity contribution in [1.29, 1.82) is 0 Å². The summed E-state index contributed by atoms with van der Waals surface area (Å²) in [7, 11) is 0. The Labute approximate surface area is 130 Å². The van der Waals surface area contributed by atoms with Crippen molar-refractivity contribution >= 4 is 17.2 Å². The second kappa shape index (κ2) is 7.00. The number of thiophene rings is 1. The minimum atomic E-state index is 0.506. The van der Waals surface area contributed by atoms with Gasteiger partial charge in [0.1, 0.15) is 0 Å². The molecular weight excluding hydrogens is 280 g/mol. The van der Waals surface area contributed by atoms with E-state index < -0.39 is 0 Å². The smallest absolute Gasteiger partial charge is 0.151 e. The topological polar surface area (TPSA) is 41.0 Å². The van der Waals surface area contributed by atoms with Gasteiger partial charge in [-0.2, -0.15) is 16.4 Å². The van der Waals surface area contributed by atoms with Crippen LogP contribution in [-0.2, 0) is 6.42 Å². The lowest BCUT2D eigenvalue weighted by molar-refractivity contribution is 0.381. The van der Waals surface area contributed by atoms with Crippen LogP contribution in [-0.4, -0.2) is 35.4 Å². The molecule has 3 rings (SSSR count). The Hall–Kier alpha value is -1.46. The van der Waals surface area contributed by atoms with E-state index in [0.29, 0.717) is 12.1 Å². The highest BCUT2D eigenvalue weighted by molar-refractivity contribution is 7.07. The highest BCUT2D eigenvalue weighted by Crippen LogP contribution is 2.17. The molecule has 112 valence electrons. The van der Waals surface area contributed by atoms with Gasteiger partial charge in [0.25, 0.3) is 0 Å². The second-order valence-electron chi connectivity index (χ2n) is 5.77. The Morgan fingerprint density at radius 1 is 1.48 bits per heavy atom. The van der Waals surface area contributed by atoms with E-state index in [4.69, 9.17) is 0 Å². The minimum absolute atomic E-state index is 0.506. The van der Waals surface area contributed by atoms with Crippen molar-refractivity contribution in [1.82, 2.24) is 15.5 Å². The molecule has 0 aromatic carbocycles. The number of piperidine rings is 1. The third kappa shape index (κ3) is 4.02. The summed E-state index contributed by atoms with van der Waals surface area (Å²) in [6.45, 7) is 4.38. The van der Waals surface area contributed by atoms with Gasteiger partial charge in [0, 0.05) is 31.4 Å². The Morgan fingerprint density at radius 2 is 2.43 bits per heavy atom. The minimum Gasteiger partial charge on any atom is -0.354 e. The largest absolute Gasteiger partial charge is 0.354 e. The van der Waals surface area contributed by atoms with Gasteiger partial charge in [-0.15, -0.1) is 5.10 Å². The van der Waals surface area contributed by atoms with E-state index in [9.17, 15) is 0 Å². The van der Waals surface area contributed by atoms with Crippen LogP contribution in [0.5, 0.6) is 0 Å². The molecule has 2 aromatic heterocycles. The summed E-state index contributed by atoms with van der Waals surface area (Å²) in [5.74, 6) is 0.995. The van der Waals surface area contributed by atoms with Gasteiger partial charge < -0.3 is 10.2 Å². The first-order valence-electron chi connectivity index (χ1n) is 7.61. The summed E-state index contributed by atoms with van der Waals surface area (Å²) in [5.41, 5.74) is 1.43. The molecule has 1 aliphatic rings. The van der Waals surface area contributed by atoms with Crippen molar-refractivity contribution in [2.45, 2.75) is 38.3 Å². The van der Waals surface area contributed by atoms with Gasteiger partial charge >= 0.3 is 0 Å². The van der Waals surface area contributed by atoms with Gasteiger partial charge in [-0.25, -0.2) is 0 Å². The number of anilines is 1. The third-order valence-electron chi connectivity index (χ3n) is 3.95. The number of nitrogens with zero attached hydrogens (tertiary/aromatic N) is 3. The fourth-order valence-electron chi connectivity index (χ4n) is 3.01. The molecule has 1 N–H and O–H groups in total. The molecular formula is C16H22N4S. The first kappa shape index (κ1) is 14.5. The summed E-state index contributed by atoms with van der Waals surface area (Å²) in [5, 5.41) is 16.4. The molecule has 1 fully saturated rings. The molecule has 0 aliphatic carbocycles. The van der Waals surface area contributed by atoms with E-state index in [1.54, 1.807) is 17.5 Å². The molecule has 1 saturated heterocycles. The maximum absolute atomic E-state index is 4.23. The molecule has 0 saturated carbocycles. The number of hydrogen-bond donors (Lipinski definition) is 1. The van der Waals surface area contributed by atoms with Crippen LogP contribution < -0.4 is 10.2 Å². The van der Waals surface area contributed by atoms with E-state index in [1.807, 2.05) is 12.1 Å². The van der Waals surface area contributed by atoms with Crippen LogP contribution >= 0.6 is 11.3 Å². The Bertz CT molecular complexity index is 528. The van der Waals surface area contributed by atoms with Crippen molar-refractivity contribution in [2.24, 2.45) is 0 Å². The lowest BCUT2D eigenvalue weighted by Crippen LogP contribution is -2.49. The molecule has 4 nitrogen and oxygen atoms in total. The van der Waals surface area contributed by atoms with Gasteiger partial charge in [0.2, 0.25) is 0 Å². The molecule has 2 aromatic rings. The predicted molar refractivity (Wildman–Crippen MR) is 87.9 cm³/mol. The van der Waals surface area contributed by atoms with E-state index in [-0.39, 0.29) is 0 Å². The number of rotatable bonds is 5. The first-order chi connectivity index (χ1) is 10.3.